The SMILES string of the molecule is CCCc1nnc(SCC(=O)NNC(C)=O)n1C[C@H]1CCCO1. The average Bonchev–Trinajstić information content (AvgIpc) is 3.15. The number of carbonyl (C=O) groups excluding carboxylic acids is 2. The van der Waals surface area contributed by atoms with Crippen molar-refractivity contribution in [1.82, 2.24) is 25.6 Å². The Hall–Kier alpha value is -1.61. The van der Waals surface area contributed by atoms with Gasteiger partial charge in [-0.25, -0.2) is 0 Å². The Morgan fingerprint density at radius 3 is 2.87 bits per heavy atom. The molecule has 2 N–H and O–H groups in total. The molecule has 1 aliphatic heterocycles. The first-order valence-electron chi connectivity index (χ1n) is 7.82. The Morgan fingerprint density at radius 2 is 2.22 bits per heavy atom. The van der Waals surface area contributed by atoms with E-state index in [9.17, 15) is 9.59 Å². The second-order valence-electron chi connectivity index (χ2n) is 5.41. The minimum Gasteiger partial charge on any atom is -0.376 e. The summed E-state index contributed by atoms with van der Waals surface area (Å²) in [5, 5.41) is 9.14. The van der Waals surface area contributed by atoms with Crippen LogP contribution in [0.5, 0.6) is 0 Å². The van der Waals surface area contributed by atoms with E-state index in [1.54, 1.807) is 0 Å². The summed E-state index contributed by atoms with van der Waals surface area (Å²) in [6.07, 6.45) is 4.14. The summed E-state index contributed by atoms with van der Waals surface area (Å²) < 4.78 is 7.74. The van der Waals surface area contributed by atoms with E-state index in [2.05, 4.69) is 32.5 Å². The number of ether oxygens (including phenoxy) is 1. The van der Waals surface area contributed by atoms with Gasteiger partial charge in [-0.05, 0) is 19.3 Å². The van der Waals surface area contributed by atoms with Crippen LogP contribution in [0.3, 0.4) is 0 Å². The third-order valence-electron chi connectivity index (χ3n) is 3.39. The van der Waals surface area contributed by atoms with Gasteiger partial charge >= 0.3 is 0 Å². The Bertz CT molecular complexity index is 543. The van der Waals surface area contributed by atoms with Crippen LogP contribution in [-0.2, 0) is 27.3 Å². The van der Waals surface area contributed by atoms with Crippen molar-refractivity contribution in [2.24, 2.45) is 0 Å². The number of hydrazine groups is 1. The number of aryl methyl sites for hydroxylation is 1. The fourth-order valence-electron chi connectivity index (χ4n) is 2.33. The fourth-order valence-corrected chi connectivity index (χ4v) is 3.10. The molecule has 1 aliphatic rings. The number of hydrogen-bond acceptors (Lipinski definition) is 6. The first-order valence-corrected chi connectivity index (χ1v) is 8.80. The van der Waals surface area contributed by atoms with Crippen molar-refractivity contribution in [3.05, 3.63) is 5.82 Å². The van der Waals surface area contributed by atoms with Crippen molar-refractivity contribution in [2.45, 2.75) is 57.3 Å². The molecule has 1 fully saturated rings. The molecule has 0 bridgehead atoms. The van der Waals surface area contributed by atoms with Crippen molar-refractivity contribution in [1.29, 1.82) is 0 Å². The van der Waals surface area contributed by atoms with Crippen LogP contribution in [0, 0.1) is 0 Å². The Morgan fingerprint density at radius 1 is 1.39 bits per heavy atom. The highest BCUT2D eigenvalue weighted by Gasteiger charge is 2.21. The molecule has 0 radical (unpaired) electrons. The predicted molar refractivity (Wildman–Crippen MR) is 85.7 cm³/mol. The van der Waals surface area contributed by atoms with Gasteiger partial charge in [0.05, 0.1) is 18.4 Å². The van der Waals surface area contributed by atoms with Crippen LogP contribution >= 0.6 is 11.8 Å². The first kappa shape index (κ1) is 17.7. The maximum Gasteiger partial charge on any atom is 0.248 e. The number of nitrogens with zero attached hydrogens (tertiary/aromatic N) is 3. The van der Waals surface area contributed by atoms with E-state index in [0.717, 1.165) is 44.7 Å². The summed E-state index contributed by atoms with van der Waals surface area (Å²) in [5.74, 6) is 0.493. The highest BCUT2D eigenvalue weighted by molar-refractivity contribution is 7.99. The summed E-state index contributed by atoms with van der Waals surface area (Å²) in [6.45, 7) is 4.96. The van der Waals surface area contributed by atoms with Gasteiger partial charge in [0.2, 0.25) is 11.8 Å². The molecule has 0 aliphatic carbocycles. The van der Waals surface area contributed by atoms with Crippen LogP contribution in [0.2, 0.25) is 0 Å². The normalized spacial score (nSPS) is 17.2. The third-order valence-corrected chi connectivity index (χ3v) is 4.35. The van der Waals surface area contributed by atoms with E-state index in [-0.39, 0.29) is 23.7 Å². The van der Waals surface area contributed by atoms with Gasteiger partial charge in [0.1, 0.15) is 5.82 Å². The molecule has 2 heterocycles. The molecule has 1 saturated heterocycles. The molecule has 1 aromatic heterocycles. The number of hydrogen-bond donors (Lipinski definition) is 2. The van der Waals surface area contributed by atoms with Gasteiger partial charge in [-0.3, -0.25) is 20.4 Å². The largest absolute Gasteiger partial charge is 0.376 e. The molecule has 0 aromatic carbocycles. The van der Waals surface area contributed by atoms with Crippen LogP contribution in [0.1, 0.15) is 38.9 Å². The van der Waals surface area contributed by atoms with Crippen LogP contribution in [0.15, 0.2) is 5.16 Å². The second-order valence-corrected chi connectivity index (χ2v) is 6.35. The summed E-state index contributed by atoms with van der Waals surface area (Å²) in [4.78, 5) is 22.5. The lowest BCUT2D eigenvalue weighted by Gasteiger charge is -2.14. The van der Waals surface area contributed by atoms with E-state index in [1.807, 2.05) is 0 Å². The quantitative estimate of drug-likeness (QED) is 0.559. The van der Waals surface area contributed by atoms with Crippen LogP contribution in [0.4, 0.5) is 0 Å². The Balaban J connectivity index is 1.96. The number of carbonyl (C=O) groups is 2. The van der Waals surface area contributed by atoms with Gasteiger partial charge in [-0.15, -0.1) is 10.2 Å². The monoisotopic (exact) mass is 341 g/mol. The molecule has 8 nitrogen and oxygen atoms in total. The van der Waals surface area contributed by atoms with E-state index in [1.165, 1.54) is 18.7 Å². The minimum atomic E-state index is -0.310. The maximum absolute atomic E-state index is 11.7. The van der Waals surface area contributed by atoms with Crippen LogP contribution < -0.4 is 10.9 Å². The van der Waals surface area contributed by atoms with Gasteiger partial charge in [-0.2, -0.15) is 0 Å². The molecule has 9 heteroatoms. The van der Waals surface area contributed by atoms with Gasteiger partial charge in [0.25, 0.3) is 0 Å². The topological polar surface area (TPSA) is 98.1 Å². The molecule has 2 amide bonds. The molecule has 1 aromatic rings. The van der Waals surface area contributed by atoms with E-state index in [0.29, 0.717) is 5.16 Å². The smallest absolute Gasteiger partial charge is 0.248 e. The highest BCUT2D eigenvalue weighted by Crippen LogP contribution is 2.21. The predicted octanol–water partition coefficient (Wildman–Crippen LogP) is 0.669. The lowest BCUT2D eigenvalue weighted by molar-refractivity contribution is -0.126. The van der Waals surface area contributed by atoms with Crippen molar-refractivity contribution in [2.75, 3.05) is 12.4 Å². The number of nitrogens with one attached hydrogen (secondary N) is 2. The fraction of sp³-hybridized carbons (Fsp3) is 0.714. The number of aromatic nitrogens is 3. The standard InChI is InChI=1S/C14H23N5O3S/c1-3-5-12-16-18-14(19(12)8-11-6-4-7-22-11)23-9-13(21)17-15-10(2)20/h11H,3-9H2,1-2H3,(H,15,20)(H,17,21)/t11-/m1/s1. The summed E-state index contributed by atoms with van der Waals surface area (Å²) >= 11 is 1.31. The van der Waals surface area contributed by atoms with Gasteiger partial charge in [-0.1, -0.05) is 18.7 Å². The molecule has 0 unspecified atom stereocenters. The summed E-state index contributed by atoms with van der Waals surface area (Å²) in [7, 11) is 0. The molecule has 23 heavy (non-hydrogen) atoms. The zero-order chi connectivity index (χ0) is 16.7. The molecule has 1 atom stereocenters. The zero-order valence-corrected chi connectivity index (χ0v) is 14.3. The first-order chi connectivity index (χ1) is 11.1. The number of amides is 2. The number of rotatable bonds is 7. The lowest BCUT2D eigenvalue weighted by Crippen LogP contribution is -2.41. The van der Waals surface area contributed by atoms with E-state index < -0.39 is 0 Å². The van der Waals surface area contributed by atoms with E-state index >= 15 is 0 Å². The molecule has 2 rings (SSSR count). The average molecular weight is 341 g/mol. The molecular formula is C14H23N5O3S. The van der Waals surface area contributed by atoms with Crippen LogP contribution in [0.25, 0.3) is 0 Å². The summed E-state index contributed by atoms with van der Waals surface area (Å²) in [6, 6.07) is 0. The summed E-state index contributed by atoms with van der Waals surface area (Å²) in [5.41, 5.74) is 4.60. The minimum absolute atomic E-state index is 0.163. The van der Waals surface area contributed by atoms with E-state index in [4.69, 9.17) is 4.74 Å². The van der Waals surface area contributed by atoms with Gasteiger partial charge in [0, 0.05) is 20.0 Å². The van der Waals surface area contributed by atoms with Crippen molar-refractivity contribution in [3.63, 3.8) is 0 Å². The molecule has 0 saturated carbocycles. The third kappa shape index (κ3) is 5.51. The van der Waals surface area contributed by atoms with Crippen LogP contribution in [-0.4, -0.2) is 45.0 Å². The van der Waals surface area contributed by atoms with Crippen molar-refractivity contribution in [3.8, 4) is 0 Å². The maximum atomic E-state index is 11.7. The van der Waals surface area contributed by atoms with Crippen molar-refractivity contribution >= 4 is 23.6 Å². The molecular weight excluding hydrogens is 318 g/mol. The van der Waals surface area contributed by atoms with Crippen molar-refractivity contribution < 1.29 is 14.3 Å². The second kappa shape index (κ2) is 8.88. The zero-order valence-electron chi connectivity index (χ0n) is 13.5. The molecule has 128 valence electrons. The number of thioether (sulfide) groups is 1. The Labute approximate surface area is 139 Å². The lowest BCUT2D eigenvalue weighted by atomic mass is 10.2. The highest BCUT2D eigenvalue weighted by atomic mass is 32.2. The van der Waals surface area contributed by atoms with Gasteiger partial charge in [0.15, 0.2) is 5.16 Å². The molecule has 0 spiro atoms. The van der Waals surface area contributed by atoms with Gasteiger partial charge < -0.3 is 9.30 Å². The Kier molecular flexibility index (Phi) is 6.85.